The van der Waals surface area contributed by atoms with Crippen LogP contribution in [0.2, 0.25) is 0 Å². The fourth-order valence-corrected chi connectivity index (χ4v) is 1.53. The highest BCUT2D eigenvalue weighted by Crippen LogP contribution is 2.16. The number of ether oxygens (including phenoxy) is 3. The van der Waals surface area contributed by atoms with Gasteiger partial charge in [0.25, 0.3) is 0 Å². The van der Waals surface area contributed by atoms with Crippen LogP contribution in [0.25, 0.3) is 0 Å². The van der Waals surface area contributed by atoms with Gasteiger partial charge < -0.3 is 19.5 Å². The predicted molar refractivity (Wildman–Crippen MR) is 72.5 cm³/mol. The first-order chi connectivity index (χ1) is 8.86. The molecule has 0 saturated heterocycles. The van der Waals surface area contributed by atoms with E-state index >= 15 is 0 Å². The first-order valence-corrected chi connectivity index (χ1v) is 6.33. The van der Waals surface area contributed by atoms with Crippen molar-refractivity contribution in [3.63, 3.8) is 0 Å². The van der Waals surface area contributed by atoms with Gasteiger partial charge in [-0.2, -0.15) is 0 Å². The molecule has 1 N–H and O–H groups in total. The van der Waals surface area contributed by atoms with Crippen molar-refractivity contribution in [1.29, 1.82) is 0 Å². The smallest absolute Gasteiger partial charge is 0.119 e. The standard InChI is InChI=1S/C14H23NO3/c1-16-11-3-9-15-10-4-12-18-14-7-5-13(17-2)6-8-14/h5-8,15H,3-4,9-12H2,1-2H3. The van der Waals surface area contributed by atoms with Gasteiger partial charge in [0.2, 0.25) is 0 Å². The van der Waals surface area contributed by atoms with E-state index in [1.54, 1.807) is 14.2 Å². The van der Waals surface area contributed by atoms with Crippen molar-refractivity contribution in [1.82, 2.24) is 5.32 Å². The Morgan fingerprint density at radius 2 is 1.50 bits per heavy atom. The highest BCUT2D eigenvalue weighted by atomic mass is 16.5. The van der Waals surface area contributed by atoms with E-state index < -0.39 is 0 Å². The fourth-order valence-electron chi connectivity index (χ4n) is 1.53. The third kappa shape index (κ3) is 6.47. The quantitative estimate of drug-likeness (QED) is 0.648. The lowest BCUT2D eigenvalue weighted by Gasteiger charge is -2.07. The van der Waals surface area contributed by atoms with Gasteiger partial charge >= 0.3 is 0 Å². The molecule has 0 bridgehead atoms. The Hall–Kier alpha value is -1.26. The summed E-state index contributed by atoms with van der Waals surface area (Å²) in [5, 5.41) is 3.34. The number of methoxy groups -OCH3 is 2. The van der Waals surface area contributed by atoms with E-state index in [1.807, 2.05) is 24.3 Å². The van der Waals surface area contributed by atoms with Crippen molar-refractivity contribution in [3.8, 4) is 11.5 Å². The van der Waals surface area contributed by atoms with Gasteiger partial charge in [-0.05, 0) is 50.2 Å². The van der Waals surface area contributed by atoms with Gasteiger partial charge in [0.15, 0.2) is 0 Å². The Balaban J connectivity index is 2.00. The minimum atomic E-state index is 0.726. The first kappa shape index (κ1) is 14.8. The molecule has 0 atom stereocenters. The van der Waals surface area contributed by atoms with Gasteiger partial charge in [0, 0.05) is 13.7 Å². The number of benzene rings is 1. The van der Waals surface area contributed by atoms with Gasteiger partial charge in [-0.25, -0.2) is 0 Å². The molecular weight excluding hydrogens is 230 g/mol. The molecule has 0 spiro atoms. The predicted octanol–water partition coefficient (Wildman–Crippen LogP) is 2.09. The van der Waals surface area contributed by atoms with E-state index in [1.165, 1.54) is 0 Å². The lowest BCUT2D eigenvalue weighted by Crippen LogP contribution is -2.19. The molecule has 18 heavy (non-hydrogen) atoms. The molecule has 4 heteroatoms. The van der Waals surface area contributed by atoms with E-state index in [2.05, 4.69) is 5.32 Å². The molecule has 4 nitrogen and oxygen atoms in total. The molecule has 0 amide bonds. The van der Waals surface area contributed by atoms with Crippen LogP contribution in [0.5, 0.6) is 11.5 Å². The van der Waals surface area contributed by atoms with Crippen LogP contribution in [0.4, 0.5) is 0 Å². The van der Waals surface area contributed by atoms with Crippen LogP contribution in [0, 0.1) is 0 Å². The molecule has 0 radical (unpaired) electrons. The second kappa shape index (κ2) is 9.74. The lowest BCUT2D eigenvalue weighted by atomic mass is 10.3. The van der Waals surface area contributed by atoms with E-state index in [-0.39, 0.29) is 0 Å². The van der Waals surface area contributed by atoms with Crippen molar-refractivity contribution in [2.45, 2.75) is 12.8 Å². The molecule has 0 saturated carbocycles. The van der Waals surface area contributed by atoms with Gasteiger partial charge in [-0.15, -0.1) is 0 Å². The summed E-state index contributed by atoms with van der Waals surface area (Å²) in [6.45, 7) is 3.51. The van der Waals surface area contributed by atoms with Gasteiger partial charge in [0.1, 0.15) is 11.5 Å². The minimum absolute atomic E-state index is 0.726. The normalized spacial score (nSPS) is 10.3. The zero-order valence-corrected chi connectivity index (χ0v) is 11.3. The molecule has 102 valence electrons. The monoisotopic (exact) mass is 253 g/mol. The number of nitrogens with one attached hydrogen (secondary N) is 1. The van der Waals surface area contributed by atoms with Gasteiger partial charge in [-0.1, -0.05) is 0 Å². The van der Waals surface area contributed by atoms with Crippen LogP contribution in [-0.4, -0.2) is 40.5 Å². The van der Waals surface area contributed by atoms with E-state index in [0.717, 1.165) is 50.6 Å². The van der Waals surface area contributed by atoms with Crippen LogP contribution >= 0.6 is 0 Å². The summed E-state index contributed by atoms with van der Waals surface area (Å²) in [4.78, 5) is 0. The first-order valence-electron chi connectivity index (χ1n) is 6.33. The molecule has 1 aromatic carbocycles. The summed E-state index contributed by atoms with van der Waals surface area (Å²) >= 11 is 0. The maximum atomic E-state index is 5.61. The highest BCUT2D eigenvalue weighted by Gasteiger charge is 1.95. The third-order valence-electron chi connectivity index (χ3n) is 2.53. The Morgan fingerprint density at radius 1 is 0.889 bits per heavy atom. The molecule has 0 aliphatic carbocycles. The van der Waals surface area contributed by atoms with Crippen molar-refractivity contribution in [2.75, 3.05) is 40.5 Å². The van der Waals surface area contributed by atoms with Crippen LogP contribution in [0.1, 0.15) is 12.8 Å². The van der Waals surface area contributed by atoms with Crippen molar-refractivity contribution in [2.24, 2.45) is 0 Å². The molecule has 0 fully saturated rings. The SMILES string of the molecule is COCCCNCCCOc1ccc(OC)cc1. The van der Waals surface area contributed by atoms with E-state index in [9.17, 15) is 0 Å². The van der Waals surface area contributed by atoms with Crippen molar-refractivity contribution < 1.29 is 14.2 Å². The van der Waals surface area contributed by atoms with Crippen LogP contribution in [-0.2, 0) is 4.74 Å². The maximum absolute atomic E-state index is 5.61. The Bertz CT molecular complexity index is 300. The van der Waals surface area contributed by atoms with E-state index in [0.29, 0.717) is 0 Å². The Kier molecular flexibility index (Phi) is 8.01. The molecular formula is C14H23NO3. The average molecular weight is 253 g/mol. The molecule has 0 heterocycles. The number of hydrogen-bond acceptors (Lipinski definition) is 4. The van der Waals surface area contributed by atoms with Crippen LogP contribution < -0.4 is 14.8 Å². The number of hydrogen-bond donors (Lipinski definition) is 1. The highest BCUT2D eigenvalue weighted by molar-refractivity contribution is 5.31. The Labute approximate surface area is 109 Å². The average Bonchev–Trinajstić information content (AvgIpc) is 2.42. The summed E-state index contributed by atoms with van der Waals surface area (Å²) in [5.41, 5.74) is 0. The second-order valence-corrected chi connectivity index (χ2v) is 3.97. The summed E-state index contributed by atoms with van der Waals surface area (Å²) in [5.74, 6) is 1.73. The zero-order chi connectivity index (χ0) is 13.1. The fraction of sp³-hybridized carbons (Fsp3) is 0.571. The van der Waals surface area contributed by atoms with E-state index in [4.69, 9.17) is 14.2 Å². The van der Waals surface area contributed by atoms with Crippen LogP contribution in [0.3, 0.4) is 0 Å². The third-order valence-corrected chi connectivity index (χ3v) is 2.53. The summed E-state index contributed by atoms with van der Waals surface area (Å²) in [6.07, 6.45) is 2.05. The largest absolute Gasteiger partial charge is 0.497 e. The van der Waals surface area contributed by atoms with Gasteiger partial charge in [-0.3, -0.25) is 0 Å². The van der Waals surface area contributed by atoms with Gasteiger partial charge in [0.05, 0.1) is 13.7 Å². The topological polar surface area (TPSA) is 39.7 Å². The lowest BCUT2D eigenvalue weighted by molar-refractivity contribution is 0.194. The maximum Gasteiger partial charge on any atom is 0.119 e. The van der Waals surface area contributed by atoms with Crippen molar-refractivity contribution in [3.05, 3.63) is 24.3 Å². The summed E-state index contributed by atoms with van der Waals surface area (Å²) < 4.78 is 15.7. The summed E-state index contributed by atoms with van der Waals surface area (Å²) in [6, 6.07) is 7.65. The molecule has 0 aliphatic rings. The second-order valence-electron chi connectivity index (χ2n) is 3.97. The number of rotatable bonds is 10. The molecule has 1 aromatic rings. The summed E-state index contributed by atoms with van der Waals surface area (Å²) in [7, 11) is 3.38. The zero-order valence-electron chi connectivity index (χ0n) is 11.3. The molecule has 0 unspecified atom stereocenters. The van der Waals surface area contributed by atoms with Crippen molar-refractivity contribution >= 4 is 0 Å². The molecule has 0 aromatic heterocycles. The molecule has 1 rings (SSSR count). The molecule has 0 aliphatic heterocycles. The Morgan fingerprint density at radius 3 is 2.11 bits per heavy atom. The minimum Gasteiger partial charge on any atom is -0.497 e. The van der Waals surface area contributed by atoms with Crippen LogP contribution in [0.15, 0.2) is 24.3 Å².